The predicted molar refractivity (Wildman–Crippen MR) is 128 cm³/mol. The van der Waals surface area contributed by atoms with Gasteiger partial charge in [0.15, 0.2) is 11.5 Å². The van der Waals surface area contributed by atoms with Gasteiger partial charge in [-0.25, -0.2) is 4.98 Å². The van der Waals surface area contributed by atoms with Crippen LogP contribution in [0.1, 0.15) is 31.7 Å². The summed E-state index contributed by atoms with van der Waals surface area (Å²) >= 11 is 0. The molecule has 0 atom stereocenters. The van der Waals surface area contributed by atoms with Crippen LogP contribution in [0.3, 0.4) is 0 Å². The van der Waals surface area contributed by atoms with Crippen LogP contribution in [0.25, 0.3) is 16.9 Å². The van der Waals surface area contributed by atoms with Crippen LogP contribution in [-0.4, -0.2) is 49.3 Å². The van der Waals surface area contributed by atoms with E-state index in [4.69, 9.17) is 14.5 Å². The Kier molecular flexibility index (Phi) is 6.65. The Morgan fingerprint density at radius 3 is 2.53 bits per heavy atom. The lowest BCUT2D eigenvalue weighted by Gasteiger charge is -2.34. The first kappa shape index (κ1) is 22.1. The Hall–Kier alpha value is -3.06. The van der Waals surface area contributed by atoms with Gasteiger partial charge < -0.3 is 19.7 Å². The molecule has 2 aromatic heterocycles. The molecule has 7 heteroatoms. The van der Waals surface area contributed by atoms with E-state index >= 15 is 0 Å². The van der Waals surface area contributed by atoms with E-state index in [1.807, 2.05) is 31.3 Å². The van der Waals surface area contributed by atoms with Crippen molar-refractivity contribution in [1.82, 2.24) is 14.7 Å². The minimum Gasteiger partial charge on any atom is -0.493 e. The number of piperidine rings is 1. The smallest absolute Gasteiger partial charge is 0.258 e. The van der Waals surface area contributed by atoms with Gasteiger partial charge in [-0.3, -0.25) is 9.20 Å². The lowest BCUT2D eigenvalue weighted by atomic mass is 10.0. The molecule has 0 bridgehead atoms. The van der Waals surface area contributed by atoms with Gasteiger partial charge in [0.25, 0.3) is 5.56 Å². The van der Waals surface area contributed by atoms with Gasteiger partial charge in [-0.05, 0) is 62.6 Å². The van der Waals surface area contributed by atoms with Crippen molar-refractivity contribution in [3.8, 4) is 22.8 Å². The minimum absolute atomic E-state index is 0.0933. The quantitative estimate of drug-likeness (QED) is 0.610. The number of aromatic nitrogens is 2. The normalized spacial score (nSPS) is 14.7. The van der Waals surface area contributed by atoms with Crippen LogP contribution in [0.2, 0.25) is 0 Å². The zero-order valence-corrected chi connectivity index (χ0v) is 19.4. The fourth-order valence-corrected chi connectivity index (χ4v) is 4.36. The van der Waals surface area contributed by atoms with Crippen LogP contribution >= 0.6 is 0 Å². The number of hydrogen-bond acceptors (Lipinski definition) is 6. The van der Waals surface area contributed by atoms with Gasteiger partial charge in [0, 0.05) is 37.0 Å². The monoisotopic (exact) mass is 436 g/mol. The second kappa shape index (κ2) is 9.61. The van der Waals surface area contributed by atoms with Crippen molar-refractivity contribution in [1.29, 1.82) is 0 Å². The van der Waals surface area contributed by atoms with E-state index in [0.29, 0.717) is 28.9 Å². The molecule has 0 spiro atoms. The lowest BCUT2D eigenvalue weighted by Crippen LogP contribution is -2.43. The first-order valence-corrected chi connectivity index (χ1v) is 11.3. The number of fused-ring (bicyclic) bond motifs is 1. The summed E-state index contributed by atoms with van der Waals surface area (Å²) in [5, 5.41) is 3.62. The number of pyridine rings is 1. The average molecular weight is 437 g/mol. The average Bonchev–Trinajstić information content (AvgIpc) is 2.82. The van der Waals surface area contributed by atoms with E-state index in [1.165, 1.54) is 0 Å². The molecular weight excluding hydrogens is 404 g/mol. The molecule has 0 saturated carbocycles. The summed E-state index contributed by atoms with van der Waals surface area (Å²) in [5.41, 5.74) is 4.07. The summed E-state index contributed by atoms with van der Waals surface area (Å²) in [5.74, 6) is 1.25. The van der Waals surface area contributed by atoms with Crippen molar-refractivity contribution >= 4 is 11.3 Å². The number of hydrogen-bond donors (Lipinski definition) is 1. The van der Waals surface area contributed by atoms with Crippen molar-refractivity contribution in [2.24, 2.45) is 0 Å². The number of methoxy groups -OCH3 is 2. The predicted octanol–water partition coefficient (Wildman–Crippen LogP) is 3.66. The number of nitrogens with zero attached hydrogens (tertiary/aromatic N) is 3. The molecule has 32 heavy (non-hydrogen) atoms. The highest BCUT2D eigenvalue weighted by atomic mass is 16.5. The van der Waals surface area contributed by atoms with Crippen LogP contribution in [0.5, 0.6) is 11.5 Å². The third kappa shape index (κ3) is 4.43. The molecule has 170 valence electrons. The largest absolute Gasteiger partial charge is 0.493 e. The second-order valence-electron chi connectivity index (χ2n) is 8.34. The fourth-order valence-electron chi connectivity index (χ4n) is 4.36. The van der Waals surface area contributed by atoms with E-state index in [0.717, 1.165) is 55.7 Å². The van der Waals surface area contributed by atoms with Gasteiger partial charge in [-0.15, -0.1) is 0 Å². The van der Waals surface area contributed by atoms with E-state index in [-0.39, 0.29) is 5.56 Å². The molecular formula is C25H32N4O3. The molecule has 1 saturated heterocycles. The molecule has 0 unspecified atom stereocenters. The van der Waals surface area contributed by atoms with E-state index < -0.39 is 0 Å². The Morgan fingerprint density at radius 1 is 1.09 bits per heavy atom. The number of aryl methyl sites for hydroxylation is 1. The van der Waals surface area contributed by atoms with Gasteiger partial charge in [0.1, 0.15) is 5.65 Å². The van der Waals surface area contributed by atoms with Crippen LogP contribution in [0, 0.1) is 6.92 Å². The molecule has 1 aliphatic rings. The molecule has 3 aromatic rings. The molecule has 1 aliphatic heterocycles. The highest BCUT2D eigenvalue weighted by Gasteiger charge is 2.20. The van der Waals surface area contributed by atoms with Crippen molar-refractivity contribution < 1.29 is 9.47 Å². The minimum atomic E-state index is -0.0933. The van der Waals surface area contributed by atoms with Crippen molar-refractivity contribution in [3.05, 3.63) is 52.4 Å². The molecule has 1 N–H and O–H groups in total. The topological polar surface area (TPSA) is 68.1 Å². The number of nitrogens with one attached hydrogen (secondary N) is 1. The van der Waals surface area contributed by atoms with Crippen LogP contribution in [0.4, 0.5) is 5.69 Å². The summed E-state index contributed by atoms with van der Waals surface area (Å²) in [7, 11) is 3.20. The second-order valence-corrected chi connectivity index (χ2v) is 8.34. The fraction of sp³-hybridized carbons (Fsp3) is 0.440. The number of anilines is 1. The molecule has 1 fully saturated rings. The van der Waals surface area contributed by atoms with Crippen LogP contribution < -0.4 is 25.2 Å². The van der Waals surface area contributed by atoms with Gasteiger partial charge >= 0.3 is 0 Å². The summed E-state index contributed by atoms with van der Waals surface area (Å²) < 4.78 is 12.4. The highest BCUT2D eigenvalue weighted by Crippen LogP contribution is 2.32. The van der Waals surface area contributed by atoms with E-state index in [2.05, 4.69) is 23.2 Å². The Balaban J connectivity index is 1.64. The first-order chi connectivity index (χ1) is 15.5. The number of ether oxygens (including phenoxy) is 2. The molecule has 3 heterocycles. The maximum Gasteiger partial charge on any atom is 0.258 e. The summed E-state index contributed by atoms with van der Waals surface area (Å²) in [6.07, 6.45) is 5.31. The van der Waals surface area contributed by atoms with Crippen LogP contribution in [0.15, 0.2) is 41.3 Å². The lowest BCUT2D eigenvalue weighted by molar-refractivity contribution is 0.355. The summed E-state index contributed by atoms with van der Waals surface area (Å²) in [6.45, 7) is 7.25. The van der Waals surface area contributed by atoms with Crippen molar-refractivity contribution in [3.63, 3.8) is 0 Å². The molecule has 7 nitrogen and oxygen atoms in total. The Labute approximate surface area is 189 Å². The van der Waals surface area contributed by atoms with Crippen molar-refractivity contribution in [2.45, 2.75) is 39.2 Å². The summed E-state index contributed by atoms with van der Waals surface area (Å²) in [4.78, 5) is 20.2. The number of benzene rings is 1. The van der Waals surface area contributed by atoms with Gasteiger partial charge in [-0.2, -0.15) is 0 Å². The first-order valence-electron chi connectivity index (χ1n) is 11.3. The SMILES string of the molecule is CCCNC1CCN(c2cc(C)c3nc(-c4ccc(OC)c(OC)c4)cc(=O)n3c2)CC1. The van der Waals surface area contributed by atoms with Crippen molar-refractivity contribution in [2.75, 3.05) is 38.8 Å². The van der Waals surface area contributed by atoms with E-state index in [1.54, 1.807) is 24.7 Å². The number of rotatable bonds is 7. The molecule has 0 amide bonds. The molecule has 0 radical (unpaired) electrons. The zero-order valence-electron chi connectivity index (χ0n) is 19.4. The zero-order chi connectivity index (χ0) is 22.7. The van der Waals surface area contributed by atoms with Crippen LogP contribution in [-0.2, 0) is 0 Å². The molecule has 0 aliphatic carbocycles. The van der Waals surface area contributed by atoms with E-state index in [9.17, 15) is 4.79 Å². The molecule has 4 rings (SSSR count). The Morgan fingerprint density at radius 2 is 1.84 bits per heavy atom. The highest BCUT2D eigenvalue weighted by molar-refractivity contribution is 5.67. The van der Waals surface area contributed by atoms with Gasteiger partial charge in [-0.1, -0.05) is 6.92 Å². The Bertz CT molecular complexity index is 1150. The standard InChI is InChI=1S/C25H32N4O3/c1-5-10-26-19-8-11-28(12-9-19)20-13-17(2)25-27-21(15-24(30)29(25)16-20)18-6-7-22(31-3)23(14-18)32-4/h6-7,13-16,19,26H,5,8-12H2,1-4H3. The van der Waals surface area contributed by atoms with Gasteiger partial charge in [0.05, 0.1) is 25.6 Å². The maximum absolute atomic E-state index is 13.0. The van der Waals surface area contributed by atoms with Gasteiger partial charge in [0.2, 0.25) is 0 Å². The third-order valence-corrected chi connectivity index (χ3v) is 6.15. The third-order valence-electron chi connectivity index (χ3n) is 6.15. The maximum atomic E-state index is 13.0. The molecule has 1 aromatic carbocycles. The summed E-state index contributed by atoms with van der Waals surface area (Å²) in [6, 6.07) is 9.86.